The van der Waals surface area contributed by atoms with Crippen molar-refractivity contribution in [1.82, 2.24) is 5.32 Å². The van der Waals surface area contributed by atoms with Crippen molar-refractivity contribution in [2.75, 3.05) is 6.54 Å². The van der Waals surface area contributed by atoms with E-state index in [1.54, 1.807) is 0 Å². The fourth-order valence-corrected chi connectivity index (χ4v) is 3.09. The molecule has 0 radical (unpaired) electrons. The van der Waals surface area contributed by atoms with E-state index in [2.05, 4.69) is 29.6 Å². The quantitative estimate of drug-likeness (QED) is 0.906. The second-order valence-corrected chi connectivity index (χ2v) is 6.00. The van der Waals surface area contributed by atoms with Crippen molar-refractivity contribution in [3.05, 3.63) is 48.0 Å². The number of hydrogen-bond donors (Lipinski definition) is 2. The number of carbonyl (C=O) groups is 1. The average Bonchev–Trinajstić information content (AvgIpc) is 2.91. The van der Waals surface area contributed by atoms with Gasteiger partial charge in [-0.25, -0.2) is 0 Å². The lowest BCUT2D eigenvalue weighted by Gasteiger charge is -2.11. The second kappa shape index (κ2) is 6.27. The zero-order valence-corrected chi connectivity index (χ0v) is 12.1. The number of benzene rings is 2. The van der Waals surface area contributed by atoms with E-state index >= 15 is 0 Å². The van der Waals surface area contributed by atoms with Crippen LogP contribution >= 0.6 is 0 Å². The monoisotopic (exact) mass is 283 g/mol. The molecule has 1 amide bonds. The van der Waals surface area contributed by atoms with Gasteiger partial charge in [0.15, 0.2) is 0 Å². The smallest absolute Gasteiger partial charge is 0.224 e. The highest BCUT2D eigenvalue weighted by molar-refractivity contribution is 5.85. The molecule has 2 unspecified atom stereocenters. The Balaban J connectivity index is 1.56. The molecule has 2 N–H and O–H groups in total. The van der Waals surface area contributed by atoms with Gasteiger partial charge in [0.25, 0.3) is 0 Å². The van der Waals surface area contributed by atoms with Crippen LogP contribution < -0.4 is 5.32 Å². The Morgan fingerprint density at radius 1 is 1.14 bits per heavy atom. The summed E-state index contributed by atoms with van der Waals surface area (Å²) < 4.78 is 0. The summed E-state index contributed by atoms with van der Waals surface area (Å²) in [5, 5.41) is 14.8. The van der Waals surface area contributed by atoms with Gasteiger partial charge in [-0.3, -0.25) is 4.79 Å². The van der Waals surface area contributed by atoms with E-state index < -0.39 is 0 Å². The topological polar surface area (TPSA) is 49.3 Å². The van der Waals surface area contributed by atoms with Crippen molar-refractivity contribution < 1.29 is 9.90 Å². The highest BCUT2D eigenvalue weighted by Crippen LogP contribution is 2.24. The van der Waals surface area contributed by atoms with Gasteiger partial charge in [0.1, 0.15) is 0 Å². The summed E-state index contributed by atoms with van der Waals surface area (Å²) in [6, 6.07) is 14.3. The number of carbonyl (C=O) groups excluding carboxylic acids is 1. The van der Waals surface area contributed by atoms with Gasteiger partial charge in [-0.2, -0.15) is 0 Å². The van der Waals surface area contributed by atoms with E-state index in [4.69, 9.17) is 0 Å². The zero-order valence-electron chi connectivity index (χ0n) is 12.1. The molecular weight excluding hydrogens is 262 g/mol. The van der Waals surface area contributed by atoms with E-state index in [-0.39, 0.29) is 12.0 Å². The van der Waals surface area contributed by atoms with E-state index in [0.717, 1.165) is 24.8 Å². The molecule has 1 aliphatic carbocycles. The highest BCUT2D eigenvalue weighted by Gasteiger charge is 2.22. The fraction of sp³-hybridized carbons (Fsp3) is 0.389. The molecular formula is C18H21NO2. The molecule has 1 aliphatic rings. The predicted molar refractivity (Wildman–Crippen MR) is 84.0 cm³/mol. The normalized spacial score (nSPS) is 21.6. The summed E-state index contributed by atoms with van der Waals surface area (Å²) >= 11 is 0. The zero-order chi connectivity index (χ0) is 14.7. The lowest BCUT2D eigenvalue weighted by atomic mass is 10.0. The van der Waals surface area contributed by atoms with Crippen LogP contribution in [0.3, 0.4) is 0 Å². The third-order valence-electron chi connectivity index (χ3n) is 4.28. The first-order valence-electron chi connectivity index (χ1n) is 7.63. The Labute approximate surface area is 125 Å². The molecule has 0 spiro atoms. The lowest BCUT2D eigenvalue weighted by Crippen LogP contribution is -2.29. The van der Waals surface area contributed by atoms with E-state index in [1.807, 2.05) is 18.2 Å². The summed E-state index contributed by atoms with van der Waals surface area (Å²) in [5.41, 5.74) is 1.04. The number of amides is 1. The maximum Gasteiger partial charge on any atom is 0.224 e. The molecule has 0 bridgehead atoms. The SMILES string of the molecule is O=C(Cc1ccc2ccccc2c1)NCC1CCC(O)C1. The number of aliphatic hydroxyl groups excluding tert-OH is 1. The van der Waals surface area contributed by atoms with Gasteiger partial charge in [0.2, 0.25) is 5.91 Å². The third-order valence-corrected chi connectivity index (χ3v) is 4.28. The Kier molecular flexibility index (Phi) is 4.20. The minimum absolute atomic E-state index is 0.0617. The van der Waals surface area contributed by atoms with Gasteiger partial charge >= 0.3 is 0 Å². The first-order chi connectivity index (χ1) is 10.2. The van der Waals surface area contributed by atoms with Crippen LogP contribution in [0.1, 0.15) is 24.8 Å². The molecule has 3 rings (SSSR count). The summed E-state index contributed by atoms with van der Waals surface area (Å²) in [6.45, 7) is 0.684. The first kappa shape index (κ1) is 14.1. The van der Waals surface area contributed by atoms with Crippen LogP contribution in [0.15, 0.2) is 42.5 Å². The first-order valence-corrected chi connectivity index (χ1v) is 7.63. The Hall–Kier alpha value is -1.87. The predicted octanol–water partition coefficient (Wildman–Crippen LogP) is 2.66. The fourth-order valence-electron chi connectivity index (χ4n) is 3.09. The lowest BCUT2D eigenvalue weighted by molar-refractivity contribution is -0.120. The molecule has 2 aromatic rings. The van der Waals surface area contributed by atoms with Crippen molar-refractivity contribution >= 4 is 16.7 Å². The van der Waals surface area contributed by atoms with Crippen LogP contribution in [0.25, 0.3) is 10.8 Å². The molecule has 3 nitrogen and oxygen atoms in total. The van der Waals surface area contributed by atoms with Crippen LogP contribution in [0.5, 0.6) is 0 Å². The molecule has 0 saturated heterocycles. The van der Waals surface area contributed by atoms with Crippen LogP contribution in [0.2, 0.25) is 0 Å². The molecule has 21 heavy (non-hydrogen) atoms. The van der Waals surface area contributed by atoms with Crippen molar-refractivity contribution in [3.8, 4) is 0 Å². The van der Waals surface area contributed by atoms with Crippen LogP contribution in [0.4, 0.5) is 0 Å². The van der Waals surface area contributed by atoms with Gasteiger partial charge in [-0.15, -0.1) is 0 Å². The van der Waals surface area contributed by atoms with Crippen molar-refractivity contribution in [2.45, 2.75) is 31.8 Å². The third kappa shape index (κ3) is 3.61. The van der Waals surface area contributed by atoms with Crippen LogP contribution in [-0.4, -0.2) is 23.7 Å². The Morgan fingerprint density at radius 2 is 1.95 bits per heavy atom. The number of aliphatic hydroxyl groups is 1. The molecule has 0 aliphatic heterocycles. The van der Waals surface area contributed by atoms with Gasteiger partial charge < -0.3 is 10.4 Å². The number of fused-ring (bicyclic) bond motifs is 1. The van der Waals surface area contributed by atoms with E-state index in [9.17, 15) is 9.90 Å². The van der Waals surface area contributed by atoms with Crippen LogP contribution in [0, 0.1) is 5.92 Å². The molecule has 0 aromatic heterocycles. The number of hydrogen-bond acceptors (Lipinski definition) is 2. The minimum Gasteiger partial charge on any atom is -0.393 e. The van der Waals surface area contributed by atoms with E-state index in [0.29, 0.717) is 18.9 Å². The minimum atomic E-state index is -0.174. The summed E-state index contributed by atoms with van der Waals surface area (Å²) in [6.07, 6.45) is 2.94. The maximum absolute atomic E-state index is 12.0. The average molecular weight is 283 g/mol. The van der Waals surface area contributed by atoms with Crippen LogP contribution in [-0.2, 0) is 11.2 Å². The van der Waals surface area contributed by atoms with E-state index in [1.165, 1.54) is 10.8 Å². The molecule has 110 valence electrons. The van der Waals surface area contributed by atoms with Gasteiger partial charge in [0, 0.05) is 6.54 Å². The molecule has 1 saturated carbocycles. The standard InChI is InChI=1S/C18H21NO2/c20-17-8-6-14(10-17)12-19-18(21)11-13-5-7-15-3-1-2-4-16(15)9-13/h1-5,7,9,14,17,20H,6,8,10-12H2,(H,19,21). The summed E-state index contributed by atoms with van der Waals surface area (Å²) in [4.78, 5) is 12.0. The maximum atomic E-state index is 12.0. The van der Waals surface area contributed by atoms with Gasteiger partial charge in [-0.05, 0) is 41.5 Å². The largest absolute Gasteiger partial charge is 0.393 e. The molecule has 0 heterocycles. The molecule has 1 fully saturated rings. The highest BCUT2D eigenvalue weighted by atomic mass is 16.3. The Morgan fingerprint density at radius 3 is 2.71 bits per heavy atom. The van der Waals surface area contributed by atoms with Crippen molar-refractivity contribution in [2.24, 2.45) is 5.92 Å². The molecule has 3 heteroatoms. The van der Waals surface area contributed by atoms with Crippen molar-refractivity contribution in [3.63, 3.8) is 0 Å². The van der Waals surface area contributed by atoms with Gasteiger partial charge in [0.05, 0.1) is 12.5 Å². The summed E-state index contributed by atoms with van der Waals surface area (Å²) in [7, 11) is 0. The Bertz CT molecular complexity index is 638. The van der Waals surface area contributed by atoms with Crippen molar-refractivity contribution in [1.29, 1.82) is 0 Å². The summed E-state index contributed by atoms with van der Waals surface area (Å²) in [5.74, 6) is 0.493. The number of nitrogens with one attached hydrogen (secondary N) is 1. The second-order valence-electron chi connectivity index (χ2n) is 6.00. The number of rotatable bonds is 4. The van der Waals surface area contributed by atoms with Gasteiger partial charge in [-0.1, -0.05) is 42.5 Å². The molecule has 2 aromatic carbocycles. The molecule has 2 atom stereocenters.